The summed E-state index contributed by atoms with van der Waals surface area (Å²) in [6, 6.07) is 6.01. The largest absolute Gasteiger partial charge is 0.468 e. The average Bonchev–Trinajstić information content (AvgIpc) is 2.40. The molecule has 2 atom stereocenters. The second-order valence-corrected chi connectivity index (χ2v) is 5.14. The van der Waals surface area contributed by atoms with Crippen LogP contribution >= 0.6 is 0 Å². The summed E-state index contributed by atoms with van der Waals surface area (Å²) in [6.45, 7) is 9.05. The van der Waals surface area contributed by atoms with Crippen LogP contribution in [0.3, 0.4) is 0 Å². The molecule has 3 nitrogen and oxygen atoms in total. The fourth-order valence-electron chi connectivity index (χ4n) is 2.22. The third-order valence-electron chi connectivity index (χ3n) is 3.81. The van der Waals surface area contributed by atoms with Crippen LogP contribution < -0.4 is 5.32 Å². The molecule has 0 amide bonds. The molecule has 3 heteroatoms. The number of ether oxygens (including phenoxy) is 1. The summed E-state index contributed by atoms with van der Waals surface area (Å²) in [7, 11) is 1.44. The number of esters is 1. The first-order valence-electron chi connectivity index (χ1n) is 6.87. The van der Waals surface area contributed by atoms with Crippen molar-refractivity contribution in [1.29, 1.82) is 0 Å². The minimum atomic E-state index is -0.242. The fourth-order valence-corrected chi connectivity index (χ4v) is 2.22. The summed E-state index contributed by atoms with van der Waals surface area (Å²) in [4.78, 5) is 11.8. The van der Waals surface area contributed by atoms with E-state index in [1.807, 2.05) is 0 Å². The van der Waals surface area contributed by atoms with E-state index in [0.29, 0.717) is 6.54 Å². The van der Waals surface area contributed by atoms with Gasteiger partial charge in [0, 0.05) is 6.54 Å². The minimum Gasteiger partial charge on any atom is -0.468 e. The van der Waals surface area contributed by atoms with Crippen LogP contribution in [-0.2, 0) is 16.1 Å². The summed E-state index contributed by atoms with van der Waals surface area (Å²) < 4.78 is 4.88. The molecule has 0 fully saturated rings. The Morgan fingerprint density at radius 3 is 2.37 bits per heavy atom. The predicted octanol–water partition coefficient (Wildman–Crippen LogP) is 2.98. The summed E-state index contributed by atoms with van der Waals surface area (Å²) >= 11 is 0. The smallest absolute Gasteiger partial charge is 0.323 e. The van der Waals surface area contributed by atoms with Crippen LogP contribution in [0.5, 0.6) is 0 Å². The summed E-state index contributed by atoms with van der Waals surface area (Å²) in [5, 5.41) is 3.34. The highest BCUT2D eigenvalue weighted by Gasteiger charge is 2.24. The number of nitrogens with one attached hydrogen (secondary N) is 1. The number of rotatable bonds is 6. The molecule has 0 aliphatic heterocycles. The molecule has 0 saturated carbocycles. The van der Waals surface area contributed by atoms with Crippen LogP contribution in [0.2, 0.25) is 0 Å². The maximum absolute atomic E-state index is 11.8. The molecular formula is C16H25NO2. The number of aryl methyl sites for hydroxylation is 2. The van der Waals surface area contributed by atoms with E-state index in [0.717, 1.165) is 6.42 Å². The van der Waals surface area contributed by atoms with Gasteiger partial charge < -0.3 is 10.1 Å². The highest BCUT2D eigenvalue weighted by Crippen LogP contribution is 2.15. The lowest BCUT2D eigenvalue weighted by Gasteiger charge is -2.23. The summed E-state index contributed by atoms with van der Waals surface area (Å²) in [5.41, 5.74) is 3.76. The van der Waals surface area contributed by atoms with E-state index in [4.69, 9.17) is 4.74 Å². The van der Waals surface area contributed by atoms with Gasteiger partial charge in [-0.05, 0) is 36.5 Å². The molecule has 2 unspecified atom stereocenters. The van der Waals surface area contributed by atoms with Crippen LogP contribution in [0.15, 0.2) is 18.2 Å². The second-order valence-electron chi connectivity index (χ2n) is 5.14. The number of hydrogen-bond acceptors (Lipinski definition) is 3. The van der Waals surface area contributed by atoms with Gasteiger partial charge >= 0.3 is 5.97 Å². The van der Waals surface area contributed by atoms with Gasteiger partial charge in [-0.3, -0.25) is 4.79 Å². The van der Waals surface area contributed by atoms with Crippen molar-refractivity contribution in [3.63, 3.8) is 0 Å². The molecule has 0 bridgehead atoms. The average molecular weight is 263 g/mol. The molecule has 0 aliphatic rings. The molecule has 0 saturated heterocycles. The lowest BCUT2D eigenvalue weighted by Crippen LogP contribution is -2.42. The van der Waals surface area contributed by atoms with Crippen LogP contribution in [0.25, 0.3) is 0 Å². The van der Waals surface area contributed by atoms with Gasteiger partial charge in [0.1, 0.15) is 6.04 Å². The standard InChI is InChI=1S/C16H25NO2/c1-6-11(2)15(16(18)19-5)17-10-14-12(3)8-7-9-13(14)4/h7-9,11,15,17H,6,10H2,1-5H3. The van der Waals surface area contributed by atoms with Crippen molar-refractivity contribution in [3.05, 3.63) is 34.9 Å². The van der Waals surface area contributed by atoms with E-state index < -0.39 is 0 Å². The van der Waals surface area contributed by atoms with Gasteiger partial charge in [0.25, 0.3) is 0 Å². The topological polar surface area (TPSA) is 38.3 Å². The molecule has 1 aromatic rings. The molecule has 0 aromatic heterocycles. The van der Waals surface area contributed by atoms with E-state index in [1.54, 1.807) is 0 Å². The maximum Gasteiger partial charge on any atom is 0.323 e. The van der Waals surface area contributed by atoms with Crippen molar-refractivity contribution in [3.8, 4) is 0 Å². The molecule has 1 rings (SSSR count). The Hall–Kier alpha value is -1.35. The van der Waals surface area contributed by atoms with Gasteiger partial charge in [0.15, 0.2) is 0 Å². The van der Waals surface area contributed by atoms with Gasteiger partial charge in [-0.1, -0.05) is 38.5 Å². The molecule has 0 aliphatic carbocycles. The van der Waals surface area contributed by atoms with Gasteiger partial charge in [0.2, 0.25) is 0 Å². The lowest BCUT2D eigenvalue weighted by atomic mass is 9.97. The monoisotopic (exact) mass is 263 g/mol. The van der Waals surface area contributed by atoms with Gasteiger partial charge in [-0.2, -0.15) is 0 Å². The number of benzene rings is 1. The minimum absolute atomic E-state index is 0.180. The molecule has 1 N–H and O–H groups in total. The first-order chi connectivity index (χ1) is 9.01. The zero-order valence-corrected chi connectivity index (χ0v) is 12.6. The Bertz CT molecular complexity index is 409. The SMILES string of the molecule is CCC(C)C(NCc1c(C)cccc1C)C(=O)OC. The molecule has 0 radical (unpaired) electrons. The van der Waals surface area contributed by atoms with Crippen LogP contribution in [0, 0.1) is 19.8 Å². The summed E-state index contributed by atoms with van der Waals surface area (Å²) in [6.07, 6.45) is 0.944. The number of carbonyl (C=O) groups is 1. The van der Waals surface area contributed by atoms with Gasteiger partial charge in [-0.25, -0.2) is 0 Å². The van der Waals surface area contributed by atoms with Gasteiger partial charge in [-0.15, -0.1) is 0 Å². The Morgan fingerprint density at radius 2 is 1.89 bits per heavy atom. The second kappa shape index (κ2) is 7.29. The van der Waals surface area contributed by atoms with Gasteiger partial charge in [0.05, 0.1) is 7.11 Å². The van der Waals surface area contributed by atoms with Crippen molar-refractivity contribution in [2.45, 2.75) is 46.7 Å². The third-order valence-corrected chi connectivity index (χ3v) is 3.81. The van der Waals surface area contributed by atoms with Crippen molar-refractivity contribution < 1.29 is 9.53 Å². The molecule has 0 spiro atoms. The quantitative estimate of drug-likeness (QED) is 0.802. The van der Waals surface area contributed by atoms with Crippen molar-refractivity contribution in [2.75, 3.05) is 7.11 Å². The van der Waals surface area contributed by atoms with Crippen LogP contribution in [0.4, 0.5) is 0 Å². The van der Waals surface area contributed by atoms with Crippen molar-refractivity contribution in [2.24, 2.45) is 5.92 Å². The fraction of sp³-hybridized carbons (Fsp3) is 0.562. The first-order valence-corrected chi connectivity index (χ1v) is 6.87. The zero-order valence-electron chi connectivity index (χ0n) is 12.6. The Labute approximate surface area is 116 Å². The van der Waals surface area contributed by atoms with Crippen molar-refractivity contribution >= 4 is 5.97 Å². The summed E-state index contributed by atoms with van der Waals surface area (Å²) in [5.74, 6) is 0.0809. The van der Waals surface area contributed by atoms with E-state index in [2.05, 4.69) is 51.2 Å². The van der Waals surface area contributed by atoms with Crippen molar-refractivity contribution in [1.82, 2.24) is 5.32 Å². The van der Waals surface area contributed by atoms with E-state index in [-0.39, 0.29) is 17.9 Å². The number of carbonyl (C=O) groups excluding carboxylic acids is 1. The molecular weight excluding hydrogens is 238 g/mol. The Kier molecular flexibility index (Phi) is 6.03. The Balaban J connectivity index is 2.79. The molecule has 106 valence electrons. The molecule has 1 aromatic carbocycles. The number of hydrogen-bond donors (Lipinski definition) is 1. The first kappa shape index (κ1) is 15.7. The zero-order chi connectivity index (χ0) is 14.4. The Morgan fingerprint density at radius 1 is 1.32 bits per heavy atom. The molecule has 19 heavy (non-hydrogen) atoms. The van der Waals surface area contributed by atoms with E-state index in [9.17, 15) is 4.79 Å². The van der Waals surface area contributed by atoms with E-state index in [1.165, 1.54) is 23.8 Å². The van der Waals surface area contributed by atoms with Crippen LogP contribution in [0.1, 0.15) is 37.0 Å². The predicted molar refractivity (Wildman–Crippen MR) is 78.0 cm³/mol. The third kappa shape index (κ3) is 4.06. The highest BCUT2D eigenvalue weighted by atomic mass is 16.5. The number of methoxy groups -OCH3 is 1. The van der Waals surface area contributed by atoms with E-state index >= 15 is 0 Å². The lowest BCUT2D eigenvalue weighted by molar-refractivity contribution is -0.144. The maximum atomic E-state index is 11.8. The highest BCUT2D eigenvalue weighted by molar-refractivity contribution is 5.76. The molecule has 0 heterocycles. The normalized spacial score (nSPS) is 13.9. The van der Waals surface area contributed by atoms with Crippen LogP contribution in [-0.4, -0.2) is 19.1 Å².